The van der Waals surface area contributed by atoms with Crippen LogP contribution in [0.2, 0.25) is 0 Å². The van der Waals surface area contributed by atoms with E-state index in [-0.39, 0.29) is 12.6 Å². The molecule has 0 unspecified atom stereocenters. The first-order chi connectivity index (χ1) is 8.22. The van der Waals surface area contributed by atoms with Crippen molar-refractivity contribution >= 4 is 17.6 Å². The minimum Gasteiger partial charge on any atom is -0.462 e. The maximum absolute atomic E-state index is 11.7. The molecule has 17 heavy (non-hydrogen) atoms. The van der Waals surface area contributed by atoms with Crippen LogP contribution in [0.15, 0.2) is 18.2 Å². The molecule has 0 bridgehead atoms. The van der Waals surface area contributed by atoms with Crippen LogP contribution < -0.4 is 0 Å². The highest BCUT2D eigenvalue weighted by atomic mass is 35.5. The molecule has 0 aromatic heterocycles. The summed E-state index contributed by atoms with van der Waals surface area (Å²) in [5, 5.41) is 9.08. The second-order valence-corrected chi connectivity index (χ2v) is 4.04. The lowest BCUT2D eigenvalue weighted by Crippen LogP contribution is -2.09. The van der Waals surface area contributed by atoms with E-state index in [1.807, 2.05) is 6.07 Å². The molecule has 0 aliphatic rings. The molecule has 94 valence electrons. The summed E-state index contributed by atoms with van der Waals surface area (Å²) < 4.78 is 4.99. The van der Waals surface area contributed by atoms with Crippen LogP contribution in [0.1, 0.15) is 34.8 Å². The van der Waals surface area contributed by atoms with Gasteiger partial charge in [-0.05, 0) is 37.0 Å². The van der Waals surface area contributed by atoms with Gasteiger partial charge in [-0.15, -0.1) is 11.6 Å². The van der Waals surface area contributed by atoms with Crippen LogP contribution in [0.25, 0.3) is 0 Å². The zero-order chi connectivity index (χ0) is 12.7. The largest absolute Gasteiger partial charge is 0.462 e. The Hall–Kier alpha value is -1.06. The van der Waals surface area contributed by atoms with Gasteiger partial charge in [0.2, 0.25) is 0 Å². The van der Waals surface area contributed by atoms with Crippen LogP contribution >= 0.6 is 11.6 Å². The molecule has 0 saturated heterocycles. The Bertz CT molecular complexity index is 377. The molecule has 0 fully saturated rings. The van der Waals surface area contributed by atoms with E-state index in [1.54, 1.807) is 19.1 Å². The van der Waals surface area contributed by atoms with E-state index in [0.29, 0.717) is 24.5 Å². The van der Waals surface area contributed by atoms with Crippen LogP contribution in [0.3, 0.4) is 0 Å². The summed E-state index contributed by atoms with van der Waals surface area (Å²) in [5.41, 5.74) is 2.24. The molecular weight excluding hydrogens is 240 g/mol. The smallest absolute Gasteiger partial charge is 0.338 e. The number of aliphatic hydroxyl groups is 1. The van der Waals surface area contributed by atoms with Gasteiger partial charge >= 0.3 is 5.97 Å². The standard InChI is InChI=1S/C13H17ClO3/c1-2-17-13(16)12-6-5-10(9-15)8-11(12)4-3-7-14/h5-6,8,15H,2-4,7,9H2,1H3. The predicted molar refractivity (Wildman–Crippen MR) is 67.4 cm³/mol. The lowest BCUT2D eigenvalue weighted by molar-refractivity contribution is 0.0525. The van der Waals surface area contributed by atoms with Crippen LogP contribution in [0.4, 0.5) is 0 Å². The van der Waals surface area contributed by atoms with Gasteiger partial charge < -0.3 is 9.84 Å². The molecule has 0 aliphatic heterocycles. The van der Waals surface area contributed by atoms with Crippen molar-refractivity contribution in [2.75, 3.05) is 12.5 Å². The zero-order valence-electron chi connectivity index (χ0n) is 9.91. The number of halogens is 1. The van der Waals surface area contributed by atoms with Crippen molar-refractivity contribution in [1.29, 1.82) is 0 Å². The Kier molecular flexibility index (Phi) is 6.01. The Morgan fingerprint density at radius 2 is 2.24 bits per heavy atom. The Morgan fingerprint density at radius 1 is 1.47 bits per heavy atom. The molecular formula is C13H17ClO3. The van der Waals surface area contributed by atoms with Crippen molar-refractivity contribution in [1.82, 2.24) is 0 Å². The van der Waals surface area contributed by atoms with Gasteiger partial charge in [-0.1, -0.05) is 12.1 Å². The summed E-state index contributed by atoms with van der Waals surface area (Å²) >= 11 is 5.65. The summed E-state index contributed by atoms with van der Waals surface area (Å²) in [6.07, 6.45) is 1.51. The van der Waals surface area contributed by atoms with Gasteiger partial charge in [0, 0.05) is 5.88 Å². The fourth-order valence-electron chi connectivity index (χ4n) is 1.62. The highest BCUT2D eigenvalue weighted by molar-refractivity contribution is 6.17. The molecule has 0 amide bonds. The van der Waals surface area contributed by atoms with Crippen molar-refractivity contribution in [3.05, 3.63) is 34.9 Å². The number of carbonyl (C=O) groups is 1. The average molecular weight is 257 g/mol. The molecule has 4 heteroatoms. The van der Waals surface area contributed by atoms with Crippen LogP contribution in [0.5, 0.6) is 0 Å². The number of hydrogen-bond donors (Lipinski definition) is 1. The van der Waals surface area contributed by atoms with E-state index >= 15 is 0 Å². The molecule has 1 N–H and O–H groups in total. The first-order valence-electron chi connectivity index (χ1n) is 5.68. The maximum Gasteiger partial charge on any atom is 0.338 e. The van der Waals surface area contributed by atoms with E-state index in [4.69, 9.17) is 21.4 Å². The number of alkyl halides is 1. The number of rotatable bonds is 6. The van der Waals surface area contributed by atoms with Gasteiger partial charge in [0.25, 0.3) is 0 Å². The quantitative estimate of drug-likeness (QED) is 0.628. The highest BCUT2D eigenvalue weighted by Gasteiger charge is 2.12. The number of ether oxygens (including phenoxy) is 1. The molecule has 0 radical (unpaired) electrons. The third-order valence-corrected chi connectivity index (χ3v) is 2.69. The van der Waals surface area contributed by atoms with E-state index in [0.717, 1.165) is 17.5 Å². The highest BCUT2D eigenvalue weighted by Crippen LogP contribution is 2.16. The average Bonchev–Trinajstić information content (AvgIpc) is 2.36. The molecule has 1 aromatic carbocycles. The number of carbonyl (C=O) groups excluding carboxylic acids is 1. The molecule has 0 aliphatic carbocycles. The topological polar surface area (TPSA) is 46.5 Å². The summed E-state index contributed by atoms with van der Waals surface area (Å²) in [5.74, 6) is 0.229. The first-order valence-corrected chi connectivity index (χ1v) is 6.22. The monoisotopic (exact) mass is 256 g/mol. The number of hydrogen-bond acceptors (Lipinski definition) is 3. The van der Waals surface area contributed by atoms with E-state index in [1.165, 1.54) is 0 Å². The summed E-state index contributed by atoms with van der Waals surface area (Å²) in [7, 11) is 0. The van der Waals surface area contributed by atoms with Gasteiger partial charge in [0.1, 0.15) is 0 Å². The number of benzene rings is 1. The minimum absolute atomic E-state index is 0.0308. The number of aliphatic hydroxyl groups excluding tert-OH is 1. The van der Waals surface area contributed by atoms with Crippen molar-refractivity contribution in [2.24, 2.45) is 0 Å². The van der Waals surface area contributed by atoms with Gasteiger partial charge in [0.05, 0.1) is 18.8 Å². The fourth-order valence-corrected chi connectivity index (χ4v) is 1.75. The normalized spacial score (nSPS) is 10.3. The lowest BCUT2D eigenvalue weighted by Gasteiger charge is -2.09. The number of esters is 1. The molecule has 0 spiro atoms. The third-order valence-electron chi connectivity index (χ3n) is 2.43. The molecule has 0 atom stereocenters. The van der Waals surface area contributed by atoms with Crippen LogP contribution in [-0.4, -0.2) is 23.6 Å². The second kappa shape index (κ2) is 7.30. The van der Waals surface area contributed by atoms with Crippen molar-refractivity contribution in [2.45, 2.75) is 26.4 Å². The molecule has 0 saturated carbocycles. The molecule has 1 aromatic rings. The molecule has 0 heterocycles. The van der Waals surface area contributed by atoms with E-state index < -0.39 is 0 Å². The van der Waals surface area contributed by atoms with Crippen LogP contribution in [-0.2, 0) is 17.8 Å². The molecule has 1 rings (SSSR count). The zero-order valence-corrected chi connectivity index (χ0v) is 10.7. The molecule has 3 nitrogen and oxygen atoms in total. The van der Waals surface area contributed by atoms with E-state index in [9.17, 15) is 4.79 Å². The lowest BCUT2D eigenvalue weighted by atomic mass is 10.0. The Balaban J connectivity index is 2.97. The van der Waals surface area contributed by atoms with E-state index in [2.05, 4.69) is 0 Å². The Labute approximate surface area is 106 Å². The van der Waals surface area contributed by atoms with Crippen molar-refractivity contribution in [3.8, 4) is 0 Å². The van der Waals surface area contributed by atoms with Gasteiger partial charge in [-0.3, -0.25) is 0 Å². The van der Waals surface area contributed by atoms with Crippen LogP contribution in [0, 0.1) is 0 Å². The maximum atomic E-state index is 11.7. The first kappa shape index (κ1) is 14.0. The van der Waals surface area contributed by atoms with Crippen molar-refractivity contribution in [3.63, 3.8) is 0 Å². The van der Waals surface area contributed by atoms with Crippen molar-refractivity contribution < 1.29 is 14.6 Å². The predicted octanol–water partition coefficient (Wildman–Crippen LogP) is 2.53. The summed E-state index contributed by atoms with van der Waals surface area (Å²) in [4.78, 5) is 11.7. The summed E-state index contributed by atoms with van der Waals surface area (Å²) in [6.45, 7) is 2.10. The van der Waals surface area contributed by atoms with Gasteiger partial charge in [0.15, 0.2) is 0 Å². The Morgan fingerprint density at radius 3 is 2.82 bits per heavy atom. The SMILES string of the molecule is CCOC(=O)c1ccc(CO)cc1CCCCl. The number of aryl methyl sites for hydroxylation is 1. The second-order valence-electron chi connectivity index (χ2n) is 3.66. The van der Waals surface area contributed by atoms with Gasteiger partial charge in [-0.25, -0.2) is 4.79 Å². The third kappa shape index (κ3) is 4.02. The fraction of sp³-hybridized carbons (Fsp3) is 0.462. The minimum atomic E-state index is -0.318. The van der Waals surface area contributed by atoms with Gasteiger partial charge in [-0.2, -0.15) is 0 Å². The summed E-state index contributed by atoms with van der Waals surface area (Å²) in [6, 6.07) is 5.27.